The van der Waals surface area contributed by atoms with Gasteiger partial charge in [-0.3, -0.25) is 14.9 Å². The maximum absolute atomic E-state index is 11.6. The molecule has 0 atom stereocenters. The predicted octanol–water partition coefficient (Wildman–Crippen LogP) is 3.47. The lowest BCUT2D eigenvalue weighted by molar-refractivity contribution is -0.116. The summed E-state index contributed by atoms with van der Waals surface area (Å²) in [5.74, 6) is -0.901. The second-order valence-corrected chi connectivity index (χ2v) is 6.67. The lowest BCUT2D eigenvalue weighted by Gasteiger charge is -2.15. The quantitative estimate of drug-likeness (QED) is 0.536. The molecule has 146 valence electrons. The van der Waals surface area contributed by atoms with Crippen molar-refractivity contribution in [1.29, 1.82) is 0 Å². The largest absolute Gasteiger partial charge is 0.453 e. The fourth-order valence-electron chi connectivity index (χ4n) is 2.13. The Morgan fingerprint density at radius 3 is 2.25 bits per heavy atom. The van der Waals surface area contributed by atoms with Gasteiger partial charge in [-0.15, -0.1) is 0 Å². The van der Waals surface area contributed by atoms with Crippen molar-refractivity contribution in [3.05, 3.63) is 48.5 Å². The van der Waals surface area contributed by atoms with E-state index in [-0.39, 0.29) is 11.9 Å². The summed E-state index contributed by atoms with van der Waals surface area (Å²) in [5.41, 5.74) is 0.917. The van der Waals surface area contributed by atoms with Gasteiger partial charge < -0.3 is 15.4 Å². The number of hydrogen-bond acceptors (Lipinski definition) is 5. The number of ether oxygens (including phenoxy) is 1. The molecule has 0 unspecified atom stereocenters. The standard InChI is InChI=1S/C19H20N4O4S/c1-12(24)20-17-11-15(28-14-7-5-4-6-8-14)9-10-16(17)22-18(21-13(2)25)23-19(26)27-3/h4-11H,1-3H3,(H,20,24)(H2,21,22,23,25,26). The van der Waals surface area contributed by atoms with Gasteiger partial charge in [0.1, 0.15) is 0 Å². The Labute approximate surface area is 166 Å². The minimum absolute atomic E-state index is 0.116. The van der Waals surface area contributed by atoms with Crippen LogP contribution in [0.4, 0.5) is 16.2 Å². The number of guanidine groups is 1. The molecule has 0 fully saturated rings. The van der Waals surface area contributed by atoms with Gasteiger partial charge in [-0.05, 0) is 30.3 Å². The molecule has 0 aromatic heterocycles. The Hall–Kier alpha value is -3.33. The van der Waals surface area contributed by atoms with E-state index in [2.05, 4.69) is 25.7 Å². The molecule has 2 aromatic rings. The van der Waals surface area contributed by atoms with Crippen molar-refractivity contribution in [3.63, 3.8) is 0 Å². The molecule has 0 aliphatic rings. The number of nitrogens with zero attached hydrogens (tertiary/aromatic N) is 1. The molecule has 0 radical (unpaired) electrons. The zero-order valence-corrected chi connectivity index (χ0v) is 16.4. The normalized spacial score (nSPS) is 10.8. The van der Waals surface area contributed by atoms with Crippen LogP contribution in [0.5, 0.6) is 0 Å². The second kappa shape index (κ2) is 10.1. The van der Waals surface area contributed by atoms with Gasteiger partial charge >= 0.3 is 6.09 Å². The maximum atomic E-state index is 11.6. The summed E-state index contributed by atoms with van der Waals surface area (Å²) in [6.07, 6.45) is -0.787. The zero-order valence-electron chi connectivity index (χ0n) is 15.6. The molecule has 0 aliphatic heterocycles. The van der Waals surface area contributed by atoms with E-state index in [1.165, 1.54) is 32.7 Å². The highest BCUT2D eigenvalue weighted by atomic mass is 32.2. The van der Waals surface area contributed by atoms with E-state index in [1.54, 1.807) is 12.1 Å². The van der Waals surface area contributed by atoms with Crippen LogP contribution in [0.1, 0.15) is 13.8 Å². The number of nitrogens with one attached hydrogen (secondary N) is 3. The number of benzene rings is 2. The molecule has 0 saturated carbocycles. The van der Waals surface area contributed by atoms with E-state index < -0.39 is 12.0 Å². The third-order valence-electron chi connectivity index (χ3n) is 3.21. The number of carbonyl (C=O) groups is 3. The lowest BCUT2D eigenvalue weighted by Crippen LogP contribution is -2.36. The van der Waals surface area contributed by atoms with Gasteiger partial charge in [0.2, 0.25) is 17.8 Å². The Balaban J connectivity index is 2.31. The van der Waals surface area contributed by atoms with Crippen LogP contribution < -0.4 is 16.0 Å². The van der Waals surface area contributed by atoms with Crippen molar-refractivity contribution in [2.75, 3.05) is 17.7 Å². The van der Waals surface area contributed by atoms with Crippen molar-refractivity contribution in [1.82, 2.24) is 5.32 Å². The van der Waals surface area contributed by atoms with Gasteiger partial charge in [-0.25, -0.2) is 4.79 Å². The molecule has 0 bridgehead atoms. The summed E-state index contributed by atoms with van der Waals surface area (Å²) in [6.45, 7) is 2.63. The Morgan fingerprint density at radius 2 is 1.64 bits per heavy atom. The molecule has 3 N–H and O–H groups in total. The molecular weight excluding hydrogens is 380 g/mol. The van der Waals surface area contributed by atoms with Crippen LogP contribution in [-0.2, 0) is 14.3 Å². The molecule has 2 rings (SSSR count). The molecular formula is C19H20N4O4S. The van der Waals surface area contributed by atoms with Crippen molar-refractivity contribution in [2.24, 2.45) is 4.99 Å². The smallest absolute Gasteiger partial charge is 0.413 e. The molecule has 0 saturated heterocycles. The molecule has 8 nitrogen and oxygen atoms in total. The van der Waals surface area contributed by atoms with E-state index >= 15 is 0 Å². The van der Waals surface area contributed by atoms with Crippen molar-refractivity contribution >= 4 is 47.0 Å². The summed E-state index contributed by atoms with van der Waals surface area (Å²) in [6, 6.07) is 15.1. The highest BCUT2D eigenvalue weighted by Gasteiger charge is 2.12. The number of rotatable bonds is 4. The molecule has 3 amide bonds. The number of carbonyl (C=O) groups excluding carboxylic acids is 3. The number of hydrogen-bond donors (Lipinski definition) is 3. The van der Waals surface area contributed by atoms with E-state index in [0.717, 1.165) is 9.79 Å². The van der Waals surface area contributed by atoms with Crippen molar-refractivity contribution in [2.45, 2.75) is 23.6 Å². The van der Waals surface area contributed by atoms with Crippen LogP contribution in [0.3, 0.4) is 0 Å². The SMILES string of the molecule is COC(=O)N/C(=N/C(C)=O)Nc1ccc(Sc2ccccc2)cc1NC(C)=O. The van der Waals surface area contributed by atoms with Crippen molar-refractivity contribution in [3.8, 4) is 0 Å². The monoisotopic (exact) mass is 400 g/mol. The first-order chi connectivity index (χ1) is 13.4. The van der Waals surface area contributed by atoms with Crippen LogP contribution in [0.15, 0.2) is 63.3 Å². The third-order valence-corrected chi connectivity index (χ3v) is 4.21. The second-order valence-electron chi connectivity index (χ2n) is 5.52. The molecule has 0 spiro atoms. The maximum Gasteiger partial charge on any atom is 0.413 e. The number of anilines is 2. The number of amides is 3. The first-order valence-corrected chi connectivity index (χ1v) is 9.05. The lowest BCUT2D eigenvalue weighted by atomic mass is 10.2. The van der Waals surface area contributed by atoms with E-state index in [1.807, 2.05) is 36.4 Å². The Morgan fingerprint density at radius 1 is 0.929 bits per heavy atom. The minimum atomic E-state index is -0.787. The summed E-state index contributed by atoms with van der Waals surface area (Å²) in [5, 5.41) is 7.88. The highest BCUT2D eigenvalue weighted by Crippen LogP contribution is 2.33. The van der Waals surface area contributed by atoms with Gasteiger partial charge in [0.15, 0.2) is 0 Å². The zero-order chi connectivity index (χ0) is 20.5. The minimum Gasteiger partial charge on any atom is -0.453 e. The first-order valence-electron chi connectivity index (χ1n) is 8.23. The molecule has 9 heteroatoms. The van der Waals surface area contributed by atoms with Gasteiger partial charge in [-0.2, -0.15) is 4.99 Å². The topological polar surface area (TPSA) is 109 Å². The fraction of sp³-hybridized carbons (Fsp3) is 0.158. The predicted molar refractivity (Wildman–Crippen MR) is 109 cm³/mol. The van der Waals surface area contributed by atoms with Crippen LogP contribution in [0.25, 0.3) is 0 Å². The van der Waals surface area contributed by atoms with Crippen LogP contribution in [-0.4, -0.2) is 31.0 Å². The summed E-state index contributed by atoms with van der Waals surface area (Å²) < 4.78 is 4.53. The Kier molecular flexibility index (Phi) is 7.58. The number of methoxy groups -OCH3 is 1. The molecule has 2 aromatic carbocycles. The average molecular weight is 400 g/mol. The molecule has 0 aliphatic carbocycles. The fourth-order valence-corrected chi connectivity index (χ4v) is 3.01. The average Bonchev–Trinajstić information content (AvgIpc) is 2.63. The first kappa shape index (κ1) is 21.0. The van der Waals surface area contributed by atoms with Gasteiger partial charge in [0.25, 0.3) is 0 Å². The van der Waals surface area contributed by atoms with E-state index in [0.29, 0.717) is 11.4 Å². The van der Waals surface area contributed by atoms with E-state index in [9.17, 15) is 14.4 Å². The summed E-state index contributed by atoms with van der Waals surface area (Å²) in [4.78, 5) is 40.1. The number of aliphatic imine (C=N–C) groups is 1. The Bertz CT molecular complexity index is 900. The summed E-state index contributed by atoms with van der Waals surface area (Å²) in [7, 11) is 1.19. The third kappa shape index (κ3) is 6.76. The van der Waals surface area contributed by atoms with Gasteiger partial charge in [0, 0.05) is 23.6 Å². The molecule has 28 heavy (non-hydrogen) atoms. The van der Waals surface area contributed by atoms with Crippen LogP contribution >= 0.6 is 11.8 Å². The van der Waals surface area contributed by atoms with E-state index in [4.69, 9.17) is 0 Å². The van der Waals surface area contributed by atoms with Crippen molar-refractivity contribution < 1.29 is 19.1 Å². The van der Waals surface area contributed by atoms with Crippen LogP contribution in [0, 0.1) is 0 Å². The van der Waals surface area contributed by atoms with Gasteiger partial charge in [-0.1, -0.05) is 30.0 Å². The van der Waals surface area contributed by atoms with Crippen LogP contribution in [0.2, 0.25) is 0 Å². The van der Waals surface area contributed by atoms with Gasteiger partial charge in [0.05, 0.1) is 18.5 Å². The highest BCUT2D eigenvalue weighted by molar-refractivity contribution is 7.99. The summed E-state index contributed by atoms with van der Waals surface area (Å²) >= 11 is 1.53. The number of alkyl carbamates (subject to hydrolysis) is 1. The molecule has 0 heterocycles.